The van der Waals surface area contributed by atoms with E-state index in [-0.39, 0.29) is 37.6 Å². The standard InChI is InChI=1S/C16H21F2N3O3/c1-23-9-12-5-16(17,18)10-21(12)13-7-20(8-13)15(22)11-3-4-14(24-2)19-6-11/h3-4,6,12-13H,5,7-10H2,1-2H3/t12-/m0/s1. The van der Waals surface area contributed by atoms with Crippen molar-refractivity contribution in [1.82, 2.24) is 14.8 Å². The highest BCUT2D eigenvalue weighted by Gasteiger charge is 2.50. The van der Waals surface area contributed by atoms with Crippen LogP contribution in [0.2, 0.25) is 0 Å². The molecule has 8 heteroatoms. The van der Waals surface area contributed by atoms with Crippen LogP contribution in [0, 0.1) is 0 Å². The van der Waals surface area contributed by atoms with E-state index in [1.54, 1.807) is 21.9 Å². The van der Waals surface area contributed by atoms with E-state index in [9.17, 15) is 13.6 Å². The topological polar surface area (TPSA) is 54.9 Å². The zero-order chi connectivity index (χ0) is 17.3. The summed E-state index contributed by atoms with van der Waals surface area (Å²) in [4.78, 5) is 19.8. The first-order valence-corrected chi connectivity index (χ1v) is 7.85. The number of pyridine rings is 1. The van der Waals surface area contributed by atoms with Gasteiger partial charge in [-0.05, 0) is 6.07 Å². The minimum absolute atomic E-state index is 0.0475. The third-order valence-electron chi connectivity index (χ3n) is 4.59. The van der Waals surface area contributed by atoms with Crippen molar-refractivity contribution < 1.29 is 23.0 Å². The summed E-state index contributed by atoms with van der Waals surface area (Å²) in [6, 6.07) is 2.93. The van der Waals surface area contributed by atoms with Gasteiger partial charge in [0.2, 0.25) is 5.88 Å². The maximum absolute atomic E-state index is 13.7. The summed E-state index contributed by atoms with van der Waals surface area (Å²) in [5, 5.41) is 0. The molecule has 1 aromatic heterocycles. The number of likely N-dealkylation sites (tertiary alicyclic amines) is 2. The number of alkyl halides is 2. The quantitative estimate of drug-likeness (QED) is 0.807. The smallest absolute Gasteiger partial charge is 0.262 e. The van der Waals surface area contributed by atoms with Crippen molar-refractivity contribution in [2.24, 2.45) is 0 Å². The normalized spacial score (nSPS) is 24.0. The maximum atomic E-state index is 13.7. The van der Waals surface area contributed by atoms with Crippen LogP contribution in [0.5, 0.6) is 5.88 Å². The van der Waals surface area contributed by atoms with Gasteiger partial charge in [-0.1, -0.05) is 0 Å². The Hall–Kier alpha value is -1.80. The summed E-state index contributed by atoms with van der Waals surface area (Å²) in [5.41, 5.74) is 0.467. The molecule has 3 rings (SSSR count). The van der Waals surface area contributed by atoms with E-state index in [0.717, 1.165) is 0 Å². The van der Waals surface area contributed by atoms with E-state index in [1.165, 1.54) is 20.4 Å². The van der Waals surface area contributed by atoms with Crippen LogP contribution in [-0.2, 0) is 4.74 Å². The first kappa shape index (κ1) is 17.0. The largest absolute Gasteiger partial charge is 0.481 e. The highest BCUT2D eigenvalue weighted by Crippen LogP contribution is 2.35. The van der Waals surface area contributed by atoms with Gasteiger partial charge in [-0.3, -0.25) is 9.69 Å². The summed E-state index contributed by atoms with van der Waals surface area (Å²) in [6.45, 7) is 0.905. The van der Waals surface area contributed by atoms with Crippen molar-refractivity contribution in [3.05, 3.63) is 23.9 Å². The lowest BCUT2D eigenvalue weighted by Gasteiger charge is -2.45. The lowest BCUT2D eigenvalue weighted by molar-refractivity contribution is -0.0136. The number of carbonyl (C=O) groups excluding carboxylic acids is 1. The number of carbonyl (C=O) groups is 1. The fourth-order valence-corrected chi connectivity index (χ4v) is 3.34. The summed E-state index contributed by atoms with van der Waals surface area (Å²) < 4.78 is 37.4. The predicted octanol–water partition coefficient (Wildman–Crippen LogP) is 1.27. The van der Waals surface area contributed by atoms with Gasteiger partial charge in [0.1, 0.15) is 0 Å². The van der Waals surface area contributed by atoms with E-state index in [0.29, 0.717) is 24.5 Å². The monoisotopic (exact) mass is 341 g/mol. The van der Waals surface area contributed by atoms with Crippen LogP contribution in [0.25, 0.3) is 0 Å². The van der Waals surface area contributed by atoms with Crippen LogP contribution in [0.15, 0.2) is 18.3 Å². The van der Waals surface area contributed by atoms with Crippen molar-refractivity contribution in [3.63, 3.8) is 0 Å². The Balaban J connectivity index is 1.58. The number of hydrogen-bond acceptors (Lipinski definition) is 5. The molecule has 2 fully saturated rings. The van der Waals surface area contributed by atoms with Gasteiger partial charge in [-0.25, -0.2) is 13.8 Å². The van der Waals surface area contributed by atoms with E-state index in [2.05, 4.69) is 4.98 Å². The maximum Gasteiger partial charge on any atom is 0.262 e. The fourth-order valence-electron chi connectivity index (χ4n) is 3.34. The second-order valence-electron chi connectivity index (χ2n) is 6.29. The summed E-state index contributed by atoms with van der Waals surface area (Å²) in [5.74, 6) is -2.39. The van der Waals surface area contributed by atoms with Crippen molar-refractivity contribution in [2.75, 3.05) is 40.5 Å². The predicted molar refractivity (Wildman–Crippen MR) is 82.4 cm³/mol. The minimum atomic E-state index is -2.69. The van der Waals surface area contributed by atoms with Crippen LogP contribution in [-0.4, -0.2) is 79.2 Å². The molecule has 0 spiro atoms. The molecule has 1 amide bonds. The summed E-state index contributed by atoms with van der Waals surface area (Å²) in [7, 11) is 3.02. The Kier molecular flexibility index (Phi) is 4.69. The van der Waals surface area contributed by atoms with E-state index in [1.807, 2.05) is 0 Å². The van der Waals surface area contributed by atoms with Crippen molar-refractivity contribution >= 4 is 5.91 Å². The molecule has 0 saturated carbocycles. The molecule has 0 aliphatic carbocycles. The van der Waals surface area contributed by atoms with Gasteiger partial charge >= 0.3 is 0 Å². The fraction of sp³-hybridized carbons (Fsp3) is 0.625. The number of ether oxygens (including phenoxy) is 2. The van der Waals surface area contributed by atoms with E-state index >= 15 is 0 Å². The second-order valence-corrected chi connectivity index (χ2v) is 6.29. The average Bonchev–Trinajstić information content (AvgIpc) is 2.81. The number of hydrogen-bond donors (Lipinski definition) is 0. The number of aromatic nitrogens is 1. The summed E-state index contributed by atoms with van der Waals surface area (Å²) in [6.07, 6.45) is 1.28. The molecule has 6 nitrogen and oxygen atoms in total. The van der Waals surface area contributed by atoms with Crippen molar-refractivity contribution in [3.8, 4) is 5.88 Å². The van der Waals surface area contributed by atoms with E-state index in [4.69, 9.17) is 9.47 Å². The molecule has 3 heterocycles. The number of halogens is 2. The van der Waals surface area contributed by atoms with Crippen LogP contribution in [0.1, 0.15) is 16.8 Å². The third kappa shape index (κ3) is 3.34. The molecule has 2 aliphatic heterocycles. The lowest BCUT2D eigenvalue weighted by atomic mass is 10.0. The Bertz CT molecular complexity index is 591. The third-order valence-corrected chi connectivity index (χ3v) is 4.59. The van der Waals surface area contributed by atoms with Crippen LogP contribution >= 0.6 is 0 Å². The number of methoxy groups -OCH3 is 2. The zero-order valence-corrected chi connectivity index (χ0v) is 13.7. The molecular formula is C16H21F2N3O3. The molecule has 132 valence electrons. The van der Waals surface area contributed by atoms with Gasteiger partial charge in [0.15, 0.2) is 0 Å². The molecule has 2 aliphatic rings. The van der Waals surface area contributed by atoms with Gasteiger partial charge in [0.25, 0.3) is 11.8 Å². The SMILES string of the molecule is COC[C@@H]1CC(F)(F)CN1C1CN(C(=O)c2ccc(OC)nc2)C1. The molecule has 24 heavy (non-hydrogen) atoms. The minimum Gasteiger partial charge on any atom is -0.481 e. The summed E-state index contributed by atoms with van der Waals surface area (Å²) >= 11 is 0. The molecular weight excluding hydrogens is 320 g/mol. The highest BCUT2D eigenvalue weighted by atomic mass is 19.3. The van der Waals surface area contributed by atoms with Gasteiger partial charge in [-0.2, -0.15) is 0 Å². The molecule has 1 atom stereocenters. The molecule has 2 saturated heterocycles. The first-order valence-electron chi connectivity index (χ1n) is 7.85. The van der Waals surface area contributed by atoms with Gasteiger partial charge in [0, 0.05) is 51.0 Å². The molecule has 0 N–H and O–H groups in total. The van der Waals surface area contributed by atoms with Crippen LogP contribution in [0.4, 0.5) is 8.78 Å². The van der Waals surface area contributed by atoms with Crippen molar-refractivity contribution in [2.45, 2.75) is 24.4 Å². The van der Waals surface area contributed by atoms with E-state index < -0.39 is 5.92 Å². The van der Waals surface area contributed by atoms with Crippen molar-refractivity contribution in [1.29, 1.82) is 0 Å². The Morgan fingerprint density at radius 3 is 2.71 bits per heavy atom. The van der Waals surface area contributed by atoms with Crippen LogP contribution in [0.3, 0.4) is 0 Å². The molecule has 0 unspecified atom stereocenters. The zero-order valence-electron chi connectivity index (χ0n) is 13.7. The second kappa shape index (κ2) is 6.60. The number of rotatable bonds is 5. The van der Waals surface area contributed by atoms with Gasteiger partial charge in [0.05, 0.1) is 25.8 Å². The Morgan fingerprint density at radius 2 is 2.12 bits per heavy atom. The van der Waals surface area contributed by atoms with Gasteiger partial charge < -0.3 is 14.4 Å². The van der Waals surface area contributed by atoms with Crippen LogP contribution < -0.4 is 4.74 Å². The number of nitrogens with zero attached hydrogens (tertiary/aromatic N) is 3. The molecule has 1 aromatic rings. The molecule has 0 radical (unpaired) electrons. The Morgan fingerprint density at radius 1 is 1.38 bits per heavy atom. The first-order chi connectivity index (χ1) is 11.4. The lowest BCUT2D eigenvalue weighted by Crippen LogP contribution is -2.62. The molecule has 0 aromatic carbocycles. The Labute approximate surface area is 139 Å². The average molecular weight is 341 g/mol. The number of amides is 1. The molecule has 0 bridgehead atoms. The van der Waals surface area contributed by atoms with Gasteiger partial charge in [-0.15, -0.1) is 0 Å². The highest BCUT2D eigenvalue weighted by molar-refractivity contribution is 5.94.